The predicted molar refractivity (Wildman–Crippen MR) is 89.9 cm³/mol. The van der Waals surface area contributed by atoms with Crippen LogP contribution in [-0.4, -0.2) is 15.9 Å². The standard InChI is InChI=1S/C17H12F3N3OS/c18-17(19,20)13-7-4-8-14(9-13)23-15(24)11-25-16(23)22-21-10-12-5-2-1-3-6-12/h1-11,24H/b21-10+,22-16+. The van der Waals surface area contributed by atoms with Gasteiger partial charge in [-0.2, -0.15) is 18.3 Å². The number of hydrogen-bond donors (Lipinski definition) is 1. The second-order valence-corrected chi connectivity index (χ2v) is 5.85. The number of nitrogens with zero attached hydrogens (tertiary/aromatic N) is 3. The Labute approximate surface area is 144 Å². The molecule has 8 heteroatoms. The zero-order valence-electron chi connectivity index (χ0n) is 12.7. The average molecular weight is 363 g/mol. The summed E-state index contributed by atoms with van der Waals surface area (Å²) in [4.78, 5) is 0.254. The van der Waals surface area contributed by atoms with E-state index in [4.69, 9.17) is 0 Å². The fourth-order valence-electron chi connectivity index (χ4n) is 2.13. The van der Waals surface area contributed by atoms with Gasteiger partial charge in [0.15, 0.2) is 0 Å². The number of aromatic hydroxyl groups is 1. The van der Waals surface area contributed by atoms with Crippen LogP contribution in [0.4, 0.5) is 13.2 Å². The highest BCUT2D eigenvalue weighted by Crippen LogP contribution is 2.30. The normalized spacial score (nSPS) is 12.8. The van der Waals surface area contributed by atoms with Gasteiger partial charge in [0.1, 0.15) is 0 Å². The van der Waals surface area contributed by atoms with Crippen molar-refractivity contribution in [1.29, 1.82) is 0 Å². The van der Waals surface area contributed by atoms with E-state index in [1.54, 1.807) is 0 Å². The van der Waals surface area contributed by atoms with Crippen molar-refractivity contribution in [2.75, 3.05) is 0 Å². The van der Waals surface area contributed by atoms with Crippen LogP contribution in [-0.2, 0) is 6.18 Å². The zero-order chi connectivity index (χ0) is 17.9. The molecule has 2 aromatic carbocycles. The van der Waals surface area contributed by atoms with Crippen molar-refractivity contribution in [2.24, 2.45) is 10.2 Å². The molecule has 0 aliphatic carbocycles. The Morgan fingerprint density at radius 2 is 1.80 bits per heavy atom. The molecule has 0 unspecified atom stereocenters. The van der Waals surface area contributed by atoms with Gasteiger partial charge in [-0.15, -0.1) is 5.10 Å². The van der Waals surface area contributed by atoms with Crippen LogP contribution in [0.1, 0.15) is 11.1 Å². The smallest absolute Gasteiger partial charge is 0.416 e. The van der Waals surface area contributed by atoms with E-state index < -0.39 is 11.7 Å². The summed E-state index contributed by atoms with van der Waals surface area (Å²) in [5.41, 5.74) is 0.182. The molecule has 0 aliphatic rings. The van der Waals surface area contributed by atoms with Gasteiger partial charge in [0.25, 0.3) is 0 Å². The molecule has 0 radical (unpaired) electrons. The van der Waals surface area contributed by atoms with E-state index in [-0.39, 0.29) is 16.4 Å². The summed E-state index contributed by atoms with van der Waals surface area (Å²) in [6.45, 7) is 0. The van der Waals surface area contributed by atoms with Crippen LogP contribution < -0.4 is 4.80 Å². The highest BCUT2D eigenvalue weighted by molar-refractivity contribution is 7.07. The number of benzene rings is 2. The highest BCUT2D eigenvalue weighted by Gasteiger charge is 2.30. The molecule has 0 saturated carbocycles. The summed E-state index contributed by atoms with van der Waals surface area (Å²) in [6, 6.07) is 13.9. The molecule has 128 valence electrons. The maximum absolute atomic E-state index is 12.9. The number of aromatic nitrogens is 1. The second-order valence-electron chi connectivity index (χ2n) is 5.02. The van der Waals surface area contributed by atoms with Crippen LogP contribution in [0.5, 0.6) is 5.88 Å². The van der Waals surface area contributed by atoms with Crippen LogP contribution >= 0.6 is 11.3 Å². The highest BCUT2D eigenvalue weighted by atomic mass is 32.1. The number of thiazole rings is 1. The predicted octanol–water partition coefficient (Wildman–Crippen LogP) is 4.20. The van der Waals surface area contributed by atoms with Crippen molar-refractivity contribution >= 4 is 17.6 Å². The molecule has 0 amide bonds. The number of alkyl halides is 3. The molecule has 1 aromatic heterocycles. The molecule has 0 spiro atoms. The van der Waals surface area contributed by atoms with Gasteiger partial charge in [-0.25, -0.2) is 0 Å². The molecule has 25 heavy (non-hydrogen) atoms. The molecule has 0 fully saturated rings. The van der Waals surface area contributed by atoms with Crippen molar-refractivity contribution < 1.29 is 18.3 Å². The first-order valence-corrected chi connectivity index (χ1v) is 8.02. The molecule has 0 atom stereocenters. The van der Waals surface area contributed by atoms with Crippen molar-refractivity contribution in [1.82, 2.24) is 4.57 Å². The maximum atomic E-state index is 12.9. The third-order valence-electron chi connectivity index (χ3n) is 3.27. The maximum Gasteiger partial charge on any atom is 0.416 e. The first kappa shape index (κ1) is 17.0. The van der Waals surface area contributed by atoms with Gasteiger partial charge in [0, 0.05) is 0 Å². The van der Waals surface area contributed by atoms with Crippen molar-refractivity contribution in [3.63, 3.8) is 0 Å². The SMILES string of the molecule is Oc1cs/c(=N/N=C/c2ccccc2)n1-c1cccc(C(F)(F)F)c1. The minimum atomic E-state index is -4.47. The van der Waals surface area contributed by atoms with Crippen LogP contribution in [0.2, 0.25) is 0 Å². The molecule has 0 bridgehead atoms. The molecular weight excluding hydrogens is 351 g/mol. The lowest BCUT2D eigenvalue weighted by Gasteiger charge is -2.09. The van der Waals surface area contributed by atoms with Crippen molar-refractivity contribution in [3.05, 3.63) is 75.9 Å². The number of halogens is 3. The first-order chi connectivity index (χ1) is 11.9. The monoisotopic (exact) mass is 363 g/mol. The van der Waals surface area contributed by atoms with Gasteiger partial charge in [-0.1, -0.05) is 47.7 Å². The van der Waals surface area contributed by atoms with E-state index in [2.05, 4.69) is 10.2 Å². The molecule has 0 saturated heterocycles. The van der Waals surface area contributed by atoms with E-state index in [0.717, 1.165) is 29.0 Å². The minimum absolute atomic E-state index is 0.155. The minimum Gasteiger partial charge on any atom is -0.494 e. The quantitative estimate of drug-likeness (QED) is 0.550. The van der Waals surface area contributed by atoms with E-state index >= 15 is 0 Å². The fourth-order valence-corrected chi connectivity index (χ4v) is 2.84. The van der Waals surface area contributed by atoms with E-state index in [1.807, 2.05) is 30.3 Å². The average Bonchev–Trinajstić information content (AvgIpc) is 2.96. The first-order valence-electron chi connectivity index (χ1n) is 7.14. The van der Waals surface area contributed by atoms with E-state index in [1.165, 1.54) is 28.3 Å². The Kier molecular flexibility index (Phi) is 4.71. The third-order valence-corrected chi connectivity index (χ3v) is 4.08. The fraction of sp³-hybridized carbons (Fsp3) is 0.0588. The van der Waals surface area contributed by atoms with Gasteiger partial charge in [-0.05, 0) is 23.8 Å². The lowest BCUT2D eigenvalue weighted by molar-refractivity contribution is -0.137. The summed E-state index contributed by atoms with van der Waals surface area (Å²) in [5, 5.41) is 19.3. The second kappa shape index (κ2) is 6.94. The van der Waals surface area contributed by atoms with E-state index in [9.17, 15) is 18.3 Å². The Morgan fingerprint density at radius 3 is 2.52 bits per heavy atom. The summed E-state index contributed by atoms with van der Waals surface area (Å²) >= 11 is 1.07. The van der Waals surface area contributed by atoms with Gasteiger partial charge in [-0.3, -0.25) is 4.57 Å². The van der Waals surface area contributed by atoms with Gasteiger partial charge < -0.3 is 5.11 Å². The lowest BCUT2D eigenvalue weighted by Crippen LogP contribution is -2.13. The molecular formula is C17H12F3N3OS. The molecule has 4 nitrogen and oxygen atoms in total. The largest absolute Gasteiger partial charge is 0.494 e. The Hall–Kier alpha value is -2.87. The molecule has 3 rings (SSSR count). The van der Waals surface area contributed by atoms with Gasteiger partial charge >= 0.3 is 6.18 Å². The van der Waals surface area contributed by atoms with Crippen molar-refractivity contribution in [3.8, 4) is 11.6 Å². The number of hydrogen-bond acceptors (Lipinski definition) is 4. The Bertz CT molecular complexity index is 959. The Morgan fingerprint density at radius 1 is 1.04 bits per heavy atom. The van der Waals surface area contributed by atoms with Gasteiger partial charge in [0.05, 0.1) is 22.8 Å². The third kappa shape index (κ3) is 3.97. The van der Waals surface area contributed by atoms with Gasteiger partial charge in [0.2, 0.25) is 10.7 Å². The molecule has 3 aromatic rings. The van der Waals surface area contributed by atoms with Crippen LogP contribution in [0.3, 0.4) is 0 Å². The summed E-state index contributed by atoms with van der Waals surface area (Å²) in [6.07, 6.45) is -2.95. The zero-order valence-corrected chi connectivity index (χ0v) is 13.5. The molecule has 1 N–H and O–H groups in total. The summed E-state index contributed by atoms with van der Waals surface area (Å²) in [5.74, 6) is -0.210. The number of rotatable bonds is 3. The lowest BCUT2D eigenvalue weighted by atomic mass is 10.2. The van der Waals surface area contributed by atoms with Crippen molar-refractivity contribution in [2.45, 2.75) is 6.18 Å². The van der Waals surface area contributed by atoms with Crippen LogP contribution in [0, 0.1) is 0 Å². The Balaban J connectivity index is 2.00. The molecule has 1 heterocycles. The molecule has 0 aliphatic heterocycles. The summed E-state index contributed by atoms with van der Waals surface area (Å²) < 4.78 is 39.9. The summed E-state index contributed by atoms with van der Waals surface area (Å²) in [7, 11) is 0. The van der Waals surface area contributed by atoms with E-state index in [0.29, 0.717) is 0 Å². The van der Waals surface area contributed by atoms with Crippen LogP contribution in [0.15, 0.2) is 70.2 Å². The topological polar surface area (TPSA) is 49.9 Å². The van der Waals surface area contributed by atoms with Crippen LogP contribution in [0.25, 0.3) is 5.69 Å².